The summed E-state index contributed by atoms with van der Waals surface area (Å²) in [5.41, 5.74) is 0.364. The second-order valence-electron chi connectivity index (χ2n) is 11.4. The number of carbonyl (C=O) groups excluding carboxylic acids is 2. The minimum absolute atomic E-state index is 0.00340. The predicted octanol–water partition coefficient (Wildman–Crippen LogP) is 4.52. The van der Waals surface area contributed by atoms with Gasteiger partial charge in [0.25, 0.3) is 0 Å². The maximum absolute atomic E-state index is 12.2. The lowest BCUT2D eigenvalue weighted by Crippen LogP contribution is -2.60. The second kappa shape index (κ2) is 7.21. The minimum Gasteiger partial charge on any atom is -0.463 e. The fraction of sp³-hybridized carbons (Fsp3) is 0.920. The molecule has 168 valence electrons. The molecule has 5 rings (SSSR count). The Bertz CT molecular complexity index is 720. The minimum atomic E-state index is -0.165. The zero-order chi connectivity index (χ0) is 21.3. The van der Waals surface area contributed by atoms with Gasteiger partial charge in [-0.25, -0.2) is 0 Å². The Morgan fingerprint density at radius 3 is 2.43 bits per heavy atom. The van der Waals surface area contributed by atoms with E-state index in [4.69, 9.17) is 14.2 Å². The van der Waals surface area contributed by atoms with E-state index in [0.29, 0.717) is 35.7 Å². The van der Waals surface area contributed by atoms with Crippen LogP contribution in [0.3, 0.4) is 0 Å². The van der Waals surface area contributed by atoms with E-state index in [1.807, 2.05) is 0 Å². The van der Waals surface area contributed by atoms with E-state index in [-0.39, 0.29) is 35.0 Å². The molecule has 5 fully saturated rings. The Balaban J connectivity index is 1.47. The van der Waals surface area contributed by atoms with Gasteiger partial charge in [-0.15, -0.1) is 0 Å². The highest BCUT2D eigenvalue weighted by Crippen LogP contribution is 2.69. The van der Waals surface area contributed by atoms with Crippen LogP contribution in [0.15, 0.2) is 0 Å². The van der Waals surface area contributed by atoms with E-state index in [2.05, 4.69) is 13.8 Å². The maximum atomic E-state index is 12.2. The molecule has 4 saturated carbocycles. The van der Waals surface area contributed by atoms with E-state index < -0.39 is 0 Å². The molecule has 0 amide bonds. The predicted molar refractivity (Wildman–Crippen MR) is 111 cm³/mol. The molecule has 1 spiro atoms. The van der Waals surface area contributed by atoms with E-state index in [1.165, 1.54) is 32.6 Å². The van der Waals surface area contributed by atoms with Gasteiger partial charge in [0.15, 0.2) is 0 Å². The topological polar surface area (TPSA) is 61.8 Å². The molecule has 0 N–H and O–H groups in total. The van der Waals surface area contributed by atoms with Gasteiger partial charge in [0, 0.05) is 25.2 Å². The average Bonchev–Trinajstić information content (AvgIpc) is 3.18. The van der Waals surface area contributed by atoms with Crippen molar-refractivity contribution in [3.8, 4) is 0 Å². The van der Waals surface area contributed by atoms with Crippen molar-refractivity contribution in [3.63, 3.8) is 0 Å². The van der Waals surface area contributed by atoms with Crippen LogP contribution in [0.4, 0.5) is 0 Å². The standard InChI is InChI=1S/C25H38O5/c1-14-20-7-8-21-19-6-5-17-11-18(29-15(2)26)9-10-24(17,4)23(19)22(30-16(3)27)12-25(20,21)13-28-14/h14,17-23H,5-13H2,1-4H3/t14-,17+,18+,19+,20-,21+,22-,23-,24+,25+/m1/s1. The molecule has 0 aromatic heterocycles. The molecule has 5 heteroatoms. The van der Waals surface area contributed by atoms with Crippen molar-refractivity contribution in [1.82, 2.24) is 0 Å². The number of hydrogen-bond acceptors (Lipinski definition) is 5. The lowest BCUT2D eigenvalue weighted by Gasteiger charge is -2.62. The summed E-state index contributed by atoms with van der Waals surface area (Å²) < 4.78 is 17.9. The lowest BCUT2D eigenvalue weighted by atomic mass is 9.43. The van der Waals surface area contributed by atoms with Crippen LogP contribution in [0.25, 0.3) is 0 Å². The first-order chi connectivity index (χ1) is 14.2. The highest BCUT2D eigenvalue weighted by atomic mass is 16.5. The molecule has 1 saturated heterocycles. The summed E-state index contributed by atoms with van der Waals surface area (Å²) >= 11 is 0. The molecular formula is C25H38O5. The summed E-state index contributed by atoms with van der Waals surface area (Å²) in [6, 6.07) is 0. The molecule has 0 bridgehead atoms. The summed E-state index contributed by atoms with van der Waals surface area (Å²) in [7, 11) is 0. The molecule has 4 aliphatic carbocycles. The van der Waals surface area contributed by atoms with Crippen molar-refractivity contribution in [1.29, 1.82) is 0 Å². The normalized spacial score (nSPS) is 51.9. The van der Waals surface area contributed by atoms with Crippen molar-refractivity contribution < 1.29 is 23.8 Å². The number of carbonyl (C=O) groups is 2. The van der Waals surface area contributed by atoms with Crippen LogP contribution in [0.2, 0.25) is 0 Å². The molecule has 10 atom stereocenters. The molecule has 5 nitrogen and oxygen atoms in total. The molecular weight excluding hydrogens is 380 g/mol. The van der Waals surface area contributed by atoms with Gasteiger partial charge >= 0.3 is 11.9 Å². The van der Waals surface area contributed by atoms with Crippen LogP contribution in [-0.2, 0) is 23.8 Å². The van der Waals surface area contributed by atoms with Gasteiger partial charge in [-0.3, -0.25) is 9.59 Å². The van der Waals surface area contributed by atoms with Crippen molar-refractivity contribution >= 4 is 11.9 Å². The Morgan fingerprint density at radius 2 is 1.70 bits per heavy atom. The third kappa shape index (κ3) is 2.97. The van der Waals surface area contributed by atoms with Crippen LogP contribution < -0.4 is 0 Å². The van der Waals surface area contributed by atoms with Gasteiger partial charge in [0.2, 0.25) is 0 Å². The lowest BCUT2D eigenvalue weighted by molar-refractivity contribution is -0.201. The summed E-state index contributed by atoms with van der Waals surface area (Å²) in [6.07, 6.45) is 9.30. The van der Waals surface area contributed by atoms with Crippen molar-refractivity contribution in [3.05, 3.63) is 0 Å². The van der Waals surface area contributed by atoms with Crippen LogP contribution in [0, 0.1) is 40.4 Å². The molecule has 30 heavy (non-hydrogen) atoms. The largest absolute Gasteiger partial charge is 0.463 e. The third-order valence-corrected chi connectivity index (χ3v) is 10.2. The summed E-state index contributed by atoms with van der Waals surface area (Å²) in [5, 5.41) is 0. The van der Waals surface area contributed by atoms with Crippen LogP contribution >= 0.6 is 0 Å². The second-order valence-corrected chi connectivity index (χ2v) is 11.4. The van der Waals surface area contributed by atoms with Crippen LogP contribution in [0.1, 0.15) is 79.1 Å². The van der Waals surface area contributed by atoms with Gasteiger partial charge in [0.05, 0.1) is 12.7 Å². The van der Waals surface area contributed by atoms with Gasteiger partial charge in [0.1, 0.15) is 12.2 Å². The molecule has 0 aromatic rings. The maximum Gasteiger partial charge on any atom is 0.302 e. The number of hydrogen-bond donors (Lipinski definition) is 0. The van der Waals surface area contributed by atoms with Crippen LogP contribution in [0.5, 0.6) is 0 Å². The SMILES string of the molecule is CC(=O)O[C@H]1CC[C@@]2(C)[C@@H](CC[C@@H]3[C@@H]2[C@H](OC(C)=O)C[C@]24CO[C@H](C)[C@H]2CC[C@@H]34)C1. The fourth-order valence-electron chi connectivity index (χ4n) is 9.18. The first kappa shape index (κ1) is 20.8. The summed E-state index contributed by atoms with van der Waals surface area (Å²) in [4.78, 5) is 23.7. The van der Waals surface area contributed by atoms with E-state index >= 15 is 0 Å². The smallest absolute Gasteiger partial charge is 0.302 e. The van der Waals surface area contributed by atoms with Crippen molar-refractivity contribution in [2.24, 2.45) is 40.4 Å². The Morgan fingerprint density at radius 1 is 0.967 bits per heavy atom. The number of rotatable bonds is 2. The van der Waals surface area contributed by atoms with Crippen molar-refractivity contribution in [2.75, 3.05) is 6.61 Å². The van der Waals surface area contributed by atoms with E-state index in [9.17, 15) is 9.59 Å². The zero-order valence-corrected chi connectivity index (χ0v) is 19.0. The summed E-state index contributed by atoms with van der Waals surface area (Å²) in [5.74, 6) is 2.59. The Kier molecular flexibility index (Phi) is 5.00. The quantitative estimate of drug-likeness (QED) is 0.617. The molecule has 5 aliphatic rings. The Hall–Kier alpha value is -1.10. The van der Waals surface area contributed by atoms with Gasteiger partial charge in [-0.1, -0.05) is 6.92 Å². The molecule has 1 heterocycles. The molecule has 0 aromatic carbocycles. The zero-order valence-electron chi connectivity index (χ0n) is 19.0. The molecule has 1 aliphatic heterocycles. The highest BCUT2D eigenvalue weighted by molar-refractivity contribution is 5.66. The van der Waals surface area contributed by atoms with Gasteiger partial charge < -0.3 is 14.2 Å². The molecule has 0 unspecified atom stereocenters. The number of fused-ring (bicyclic) bond motifs is 4. The number of esters is 2. The fourth-order valence-corrected chi connectivity index (χ4v) is 9.18. The van der Waals surface area contributed by atoms with E-state index in [1.54, 1.807) is 6.92 Å². The van der Waals surface area contributed by atoms with Gasteiger partial charge in [-0.05, 0) is 87.4 Å². The monoisotopic (exact) mass is 418 g/mol. The highest BCUT2D eigenvalue weighted by Gasteiger charge is 2.67. The van der Waals surface area contributed by atoms with Crippen molar-refractivity contribution in [2.45, 2.75) is 97.4 Å². The Labute approximate surface area is 180 Å². The summed E-state index contributed by atoms with van der Waals surface area (Å²) in [6.45, 7) is 8.62. The average molecular weight is 419 g/mol. The first-order valence-electron chi connectivity index (χ1n) is 12.2. The molecule has 0 radical (unpaired) electrons. The first-order valence-corrected chi connectivity index (χ1v) is 12.2. The third-order valence-electron chi connectivity index (χ3n) is 10.2. The van der Waals surface area contributed by atoms with Crippen LogP contribution in [-0.4, -0.2) is 36.9 Å². The van der Waals surface area contributed by atoms with E-state index in [0.717, 1.165) is 32.3 Å². The van der Waals surface area contributed by atoms with Gasteiger partial charge in [-0.2, -0.15) is 0 Å². The number of ether oxygens (including phenoxy) is 3.